The lowest BCUT2D eigenvalue weighted by Crippen LogP contribution is -2.35. The molecule has 4 rings (SSSR count). The van der Waals surface area contributed by atoms with Crippen LogP contribution in [0.4, 0.5) is 0 Å². The van der Waals surface area contributed by atoms with Crippen LogP contribution in [-0.2, 0) is 14.3 Å². The minimum Gasteiger partial charge on any atom is -0.508 e. The van der Waals surface area contributed by atoms with Crippen molar-refractivity contribution in [2.24, 2.45) is 0 Å². The summed E-state index contributed by atoms with van der Waals surface area (Å²) in [5, 5.41) is 13.0. The van der Waals surface area contributed by atoms with Crippen molar-refractivity contribution < 1.29 is 19.4 Å². The van der Waals surface area contributed by atoms with Gasteiger partial charge in [-0.1, -0.05) is 12.1 Å². The third-order valence-electron chi connectivity index (χ3n) is 5.80. The van der Waals surface area contributed by atoms with E-state index >= 15 is 0 Å². The number of rotatable bonds is 3. The first kappa shape index (κ1) is 17.8. The molecule has 2 aliphatic carbocycles. The number of ether oxygens (including phenoxy) is 1. The van der Waals surface area contributed by atoms with Crippen molar-refractivity contribution in [3.63, 3.8) is 0 Å². The Hall–Kier alpha value is -2.56. The van der Waals surface area contributed by atoms with Gasteiger partial charge >= 0.3 is 5.97 Å². The number of hydrogen-bond acceptors (Lipinski definition) is 5. The van der Waals surface area contributed by atoms with Crippen LogP contribution in [0.3, 0.4) is 0 Å². The maximum atomic E-state index is 13.1. The zero-order valence-corrected chi connectivity index (χ0v) is 15.6. The molecular formula is C22H25NO4. The van der Waals surface area contributed by atoms with E-state index in [1.165, 1.54) is 0 Å². The summed E-state index contributed by atoms with van der Waals surface area (Å²) in [6.45, 7) is 1.88. The van der Waals surface area contributed by atoms with Crippen LogP contribution in [0.2, 0.25) is 0 Å². The fourth-order valence-corrected chi connectivity index (χ4v) is 4.48. The highest BCUT2D eigenvalue weighted by atomic mass is 16.5. The molecule has 3 aliphatic rings. The minimum atomic E-state index is -0.441. The molecule has 0 bridgehead atoms. The first-order chi connectivity index (χ1) is 13.0. The number of phenols is 1. The molecular weight excluding hydrogens is 342 g/mol. The van der Waals surface area contributed by atoms with Crippen molar-refractivity contribution in [2.45, 2.75) is 63.9 Å². The van der Waals surface area contributed by atoms with Crippen molar-refractivity contribution in [1.82, 2.24) is 5.32 Å². The van der Waals surface area contributed by atoms with Gasteiger partial charge in [0.25, 0.3) is 0 Å². The van der Waals surface area contributed by atoms with Crippen LogP contribution in [0.25, 0.3) is 0 Å². The molecule has 0 aromatic heterocycles. The van der Waals surface area contributed by atoms with E-state index in [0.717, 1.165) is 55.5 Å². The maximum absolute atomic E-state index is 13.1. The predicted molar refractivity (Wildman–Crippen MR) is 101 cm³/mol. The van der Waals surface area contributed by atoms with Crippen LogP contribution in [0.5, 0.6) is 5.75 Å². The second-order valence-electron chi connectivity index (χ2n) is 7.67. The summed E-state index contributed by atoms with van der Waals surface area (Å²) in [6, 6.07) is 6.77. The number of Topliss-reactive ketones (excluding diaryl/α,β-unsaturated/α-hetero) is 1. The van der Waals surface area contributed by atoms with Gasteiger partial charge in [-0.3, -0.25) is 4.79 Å². The monoisotopic (exact) mass is 367 g/mol. The number of benzene rings is 1. The summed E-state index contributed by atoms with van der Waals surface area (Å²) >= 11 is 0. The minimum absolute atomic E-state index is 0.0318. The number of aromatic hydroxyl groups is 1. The average molecular weight is 367 g/mol. The third kappa shape index (κ3) is 3.38. The predicted octanol–water partition coefficient (Wildman–Crippen LogP) is 3.85. The highest BCUT2D eigenvalue weighted by molar-refractivity contribution is 6.03. The summed E-state index contributed by atoms with van der Waals surface area (Å²) in [4.78, 5) is 25.9. The van der Waals surface area contributed by atoms with Crippen LogP contribution in [0, 0.1) is 0 Å². The zero-order chi connectivity index (χ0) is 19.0. The third-order valence-corrected chi connectivity index (χ3v) is 5.80. The molecule has 142 valence electrons. The quantitative estimate of drug-likeness (QED) is 0.794. The molecule has 5 heteroatoms. The van der Waals surface area contributed by atoms with Gasteiger partial charge in [-0.15, -0.1) is 0 Å². The Bertz CT molecular complexity index is 828. The summed E-state index contributed by atoms with van der Waals surface area (Å²) in [7, 11) is 0. The number of hydrogen-bond donors (Lipinski definition) is 2. The van der Waals surface area contributed by atoms with E-state index in [2.05, 4.69) is 5.32 Å². The second-order valence-corrected chi connectivity index (χ2v) is 7.67. The lowest BCUT2D eigenvalue weighted by molar-refractivity contribution is -0.144. The SMILES string of the molecule is CC1=C(C(=O)OC2CCCC2)[C@@H](c2ccc(O)cc2)C2=C(CCCC2=O)N1. The van der Waals surface area contributed by atoms with E-state index in [4.69, 9.17) is 4.74 Å². The topological polar surface area (TPSA) is 75.6 Å². The molecule has 27 heavy (non-hydrogen) atoms. The van der Waals surface area contributed by atoms with Gasteiger partial charge in [0.15, 0.2) is 5.78 Å². The van der Waals surface area contributed by atoms with E-state index in [-0.39, 0.29) is 23.6 Å². The lowest BCUT2D eigenvalue weighted by atomic mass is 9.75. The van der Waals surface area contributed by atoms with Gasteiger partial charge in [0, 0.05) is 29.3 Å². The van der Waals surface area contributed by atoms with Gasteiger partial charge in [0.1, 0.15) is 11.9 Å². The van der Waals surface area contributed by atoms with Crippen molar-refractivity contribution in [3.05, 3.63) is 52.4 Å². The van der Waals surface area contributed by atoms with Crippen LogP contribution >= 0.6 is 0 Å². The summed E-state index contributed by atoms with van der Waals surface area (Å²) in [5.41, 5.74) is 3.69. The van der Waals surface area contributed by atoms with Gasteiger partial charge < -0.3 is 15.2 Å². The number of dihydropyridines is 1. The molecule has 1 aromatic carbocycles. The highest BCUT2D eigenvalue weighted by Crippen LogP contribution is 2.43. The number of carbonyl (C=O) groups excluding carboxylic acids is 2. The molecule has 1 fully saturated rings. The molecule has 5 nitrogen and oxygen atoms in total. The number of carbonyl (C=O) groups is 2. The molecule has 1 heterocycles. The smallest absolute Gasteiger partial charge is 0.337 e. The Morgan fingerprint density at radius 3 is 2.52 bits per heavy atom. The van der Waals surface area contributed by atoms with Gasteiger partial charge in [-0.05, 0) is 63.1 Å². The normalized spacial score (nSPS) is 23.3. The molecule has 1 aromatic rings. The summed E-state index contributed by atoms with van der Waals surface area (Å²) in [6.07, 6.45) is 6.08. The molecule has 0 spiro atoms. The second kappa shape index (κ2) is 7.22. The van der Waals surface area contributed by atoms with Gasteiger partial charge in [-0.25, -0.2) is 4.79 Å². The summed E-state index contributed by atoms with van der Waals surface area (Å²) in [5.74, 6) is -0.536. The maximum Gasteiger partial charge on any atom is 0.337 e. The fraction of sp³-hybridized carbons (Fsp3) is 0.455. The highest BCUT2D eigenvalue weighted by Gasteiger charge is 2.39. The number of esters is 1. The first-order valence-electron chi connectivity index (χ1n) is 9.78. The van der Waals surface area contributed by atoms with E-state index in [0.29, 0.717) is 17.6 Å². The number of ketones is 1. The molecule has 1 atom stereocenters. The number of allylic oxidation sites excluding steroid dienone is 3. The molecule has 1 aliphatic heterocycles. The van der Waals surface area contributed by atoms with Gasteiger partial charge in [0.05, 0.1) is 5.57 Å². The van der Waals surface area contributed by atoms with E-state index in [1.54, 1.807) is 24.3 Å². The fourth-order valence-electron chi connectivity index (χ4n) is 4.48. The largest absolute Gasteiger partial charge is 0.508 e. The van der Waals surface area contributed by atoms with Crippen LogP contribution in [0.15, 0.2) is 46.8 Å². The van der Waals surface area contributed by atoms with Crippen molar-refractivity contribution in [2.75, 3.05) is 0 Å². The van der Waals surface area contributed by atoms with Crippen molar-refractivity contribution in [1.29, 1.82) is 0 Å². The molecule has 0 saturated heterocycles. The Labute approximate surface area is 159 Å². The van der Waals surface area contributed by atoms with E-state index in [9.17, 15) is 14.7 Å². The molecule has 0 radical (unpaired) electrons. The van der Waals surface area contributed by atoms with Gasteiger partial charge in [-0.2, -0.15) is 0 Å². The summed E-state index contributed by atoms with van der Waals surface area (Å²) < 4.78 is 5.79. The zero-order valence-electron chi connectivity index (χ0n) is 15.6. The van der Waals surface area contributed by atoms with Crippen molar-refractivity contribution in [3.8, 4) is 5.75 Å². The molecule has 0 unspecified atom stereocenters. The Kier molecular flexibility index (Phi) is 4.77. The van der Waals surface area contributed by atoms with Gasteiger partial charge in [0.2, 0.25) is 0 Å². The number of nitrogens with one attached hydrogen (secondary N) is 1. The standard InChI is InChI=1S/C22H25NO4/c1-13-19(22(26)27-16-5-2-3-6-16)20(14-9-11-15(24)12-10-14)21-17(23-13)7-4-8-18(21)25/h9-12,16,20,23-24H,2-8H2,1H3/t20-/m1/s1. The molecule has 0 amide bonds. The van der Waals surface area contributed by atoms with Crippen molar-refractivity contribution >= 4 is 11.8 Å². The Morgan fingerprint density at radius 1 is 1.11 bits per heavy atom. The van der Waals surface area contributed by atoms with Crippen LogP contribution in [0.1, 0.15) is 63.4 Å². The molecule has 1 saturated carbocycles. The van der Waals surface area contributed by atoms with Crippen LogP contribution in [-0.4, -0.2) is 23.0 Å². The molecule has 2 N–H and O–H groups in total. The number of phenolic OH excluding ortho intramolecular Hbond substituents is 1. The van der Waals surface area contributed by atoms with Crippen LogP contribution < -0.4 is 5.32 Å². The lowest BCUT2D eigenvalue weighted by Gasteiger charge is -2.34. The average Bonchev–Trinajstić information content (AvgIpc) is 3.14. The Balaban J connectivity index is 1.75. The van der Waals surface area contributed by atoms with E-state index < -0.39 is 5.92 Å². The Morgan fingerprint density at radius 2 is 1.81 bits per heavy atom. The van der Waals surface area contributed by atoms with E-state index in [1.807, 2.05) is 6.92 Å². The first-order valence-corrected chi connectivity index (χ1v) is 9.78.